The maximum absolute atomic E-state index is 10.5. The molecule has 0 unspecified atom stereocenters. The summed E-state index contributed by atoms with van der Waals surface area (Å²) < 4.78 is 5.95. The SMILES string of the molecule is N#Cc1c(NCCNCc2ccccc2)cc(-c2c(O)cccc2OCC2CC2)nc1N. The molecule has 0 amide bonds. The fourth-order valence-corrected chi connectivity index (χ4v) is 3.45. The van der Waals surface area contributed by atoms with Gasteiger partial charge < -0.3 is 26.2 Å². The molecular weight excluding hydrogens is 402 g/mol. The van der Waals surface area contributed by atoms with Gasteiger partial charge >= 0.3 is 0 Å². The van der Waals surface area contributed by atoms with E-state index in [1.807, 2.05) is 24.3 Å². The normalized spacial score (nSPS) is 12.8. The topological polar surface area (TPSA) is 116 Å². The largest absolute Gasteiger partial charge is 0.507 e. The number of ether oxygens (including phenoxy) is 1. The number of rotatable bonds is 10. The van der Waals surface area contributed by atoms with Gasteiger partial charge in [-0.3, -0.25) is 0 Å². The number of phenols is 1. The highest BCUT2D eigenvalue weighted by Gasteiger charge is 2.24. The van der Waals surface area contributed by atoms with E-state index in [0.29, 0.717) is 48.3 Å². The Morgan fingerprint density at radius 2 is 1.94 bits per heavy atom. The molecule has 7 nitrogen and oxygen atoms in total. The number of benzene rings is 2. The highest BCUT2D eigenvalue weighted by atomic mass is 16.5. The van der Waals surface area contributed by atoms with Crippen molar-refractivity contribution in [2.75, 3.05) is 30.7 Å². The van der Waals surface area contributed by atoms with Crippen molar-refractivity contribution in [1.29, 1.82) is 5.26 Å². The highest BCUT2D eigenvalue weighted by Crippen LogP contribution is 2.40. The minimum Gasteiger partial charge on any atom is -0.507 e. The van der Waals surface area contributed by atoms with Crippen molar-refractivity contribution < 1.29 is 9.84 Å². The number of hydrogen-bond donors (Lipinski definition) is 4. The molecule has 4 rings (SSSR count). The molecule has 0 saturated heterocycles. The van der Waals surface area contributed by atoms with E-state index in [1.165, 1.54) is 18.4 Å². The Labute approximate surface area is 187 Å². The third kappa shape index (κ3) is 5.29. The van der Waals surface area contributed by atoms with Crippen molar-refractivity contribution in [3.63, 3.8) is 0 Å². The highest BCUT2D eigenvalue weighted by molar-refractivity contribution is 5.80. The monoisotopic (exact) mass is 429 g/mol. The first-order valence-electron chi connectivity index (χ1n) is 10.8. The van der Waals surface area contributed by atoms with E-state index in [0.717, 1.165) is 6.54 Å². The second-order valence-electron chi connectivity index (χ2n) is 7.92. The summed E-state index contributed by atoms with van der Waals surface area (Å²) in [4.78, 5) is 4.38. The van der Waals surface area contributed by atoms with E-state index >= 15 is 0 Å². The molecule has 2 aromatic carbocycles. The van der Waals surface area contributed by atoms with Crippen LogP contribution in [-0.2, 0) is 6.54 Å². The van der Waals surface area contributed by atoms with Crippen LogP contribution < -0.4 is 21.1 Å². The lowest BCUT2D eigenvalue weighted by Gasteiger charge is -2.16. The van der Waals surface area contributed by atoms with Gasteiger partial charge in [0.2, 0.25) is 0 Å². The first kappa shape index (κ1) is 21.5. The van der Waals surface area contributed by atoms with E-state index in [1.54, 1.807) is 18.2 Å². The molecule has 3 aromatic rings. The molecule has 0 aliphatic heterocycles. The zero-order chi connectivity index (χ0) is 22.3. The zero-order valence-electron chi connectivity index (χ0n) is 17.8. The number of pyridine rings is 1. The molecule has 1 aromatic heterocycles. The van der Waals surface area contributed by atoms with Gasteiger partial charge in [0.05, 0.1) is 23.6 Å². The van der Waals surface area contributed by atoms with E-state index in [4.69, 9.17) is 10.5 Å². The van der Waals surface area contributed by atoms with Gasteiger partial charge in [-0.2, -0.15) is 5.26 Å². The molecule has 0 radical (unpaired) electrons. The molecule has 1 saturated carbocycles. The number of aromatic hydroxyl groups is 1. The predicted octanol–water partition coefficient (Wildman–Crippen LogP) is 3.90. The van der Waals surface area contributed by atoms with Gasteiger partial charge in [0.1, 0.15) is 28.9 Å². The molecule has 0 spiro atoms. The lowest BCUT2D eigenvalue weighted by atomic mass is 10.1. The summed E-state index contributed by atoms with van der Waals surface area (Å²) in [6.45, 7) is 2.66. The Morgan fingerprint density at radius 1 is 1.12 bits per heavy atom. The fraction of sp³-hybridized carbons (Fsp3) is 0.280. The molecule has 1 fully saturated rings. The standard InChI is InChI=1S/C25H27N5O2/c26-14-19-20(29-12-11-28-15-17-5-2-1-3-6-17)13-21(30-25(19)27)24-22(31)7-4-8-23(24)32-16-18-9-10-18/h1-8,13,18,28,31H,9-12,15-16H2,(H3,27,29,30). The minimum atomic E-state index is 0.0605. The van der Waals surface area contributed by atoms with Gasteiger partial charge in [0.15, 0.2) is 0 Å². The quantitative estimate of drug-likeness (QED) is 0.361. The summed E-state index contributed by atoms with van der Waals surface area (Å²) in [5, 5.41) is 26.7. The summed E-state index contributed by atoms with van der Waals surface area (Å²) in [5.41, 5.74) is 9.11. The average Bonchev–Trinajstić information content (AvgIpc) is 3.62. The minimum absolute atomic E-state index is 0.0605. The first-order chi connectivity index (χ1) is 15.7. The molecule has 164 valence electrons. The summed E-state index contributed by atoms with van der Waals surface area (Å²) in [5.74, 6) is 1.31. The average molecular weight is 430 g/mol. The van der Waals surface area contributed by atoms with E-state index < -0.39 is 0 Å². The molecule has 7 heteroatoms. The number of hydrogen-bond acceptors (Lipinski definition) is 7. The fourth-order valence-electron chi connectivity index (χ4n) is 3.45. The summed E-state index contributed by atoms with van der Waals surface area (Å²) in [7, 11) is 0. The molecular formula is C25H27N5O2. The summed E-state index contributed by atoms with van der Waals surface area (Å²) in [6, 6.07) is 19.2. The molecule has 1 heterocycles. The van der Waals surface area contributed by atoms with E-state index in [-0.39, 0.29) is 17.1 Å². The second-order valence-corrected chi connectivity index (χ2v) is 7.92. The lowest BCUT2D eigenvalue weighted by molar-refractivity contribution is 0.299. The van der Waals surface area contributed by atoms with Crippen LogP contribution in [0.25, 0.3) is 11.3 Å². The van der Waals surface area contributed by atoms with Crippen molar-refractivity contribution in [2.45, 2.75) is 19.4 Å². The summed E-state index contributed by atoms with van der Waals surface area (Å²) >= 11 is 0. The number of aromatic nitrogens is 1. The Hall–Kier alpha value is -3.76. The number of nitriles is 1. The van der Waals surface area contributed by atoms with Crippen LogP contribution in [0, 0.1) is 17.2 Å². The molecule has 1 aliphatic carbocycles. The van der Waals surface area contributed by atoms with Crippen LogP contribution in [-0.4, -0.2) is 29.8 Å². The van der Waals surface area contributed by atoms with Crippen LogP contribution in [0.1, 0.15) is 24.0 Å². The lowest BCUT2D eigenvalue weighted by Crippen LogP contribution is -2.22. The molecule has 0 atom stereocenters. The van der Waals surface area contributed by atoms with Crippen LogP contribution in [0.4, 0.5) is 11.5 Å². The molecule has 32 heavy (non-hydrogen) atoms. The van der Waals surface area contributed by atoms with Gasteiger partial charge in [0.25, 0.3) is 0 Å². The number of nitrogens with one attached hydrogen (secondary N) is 2. The van der Waals surface area contributed by atoms with Gasteiger partial charge in [-0.1, -0.05) is 36.4 Å². The molecule has 5 N–H and O–H groups in total. The Bertz CT molecular complexity index is 1110. The van der Waals surface area contributed by atoms with Crippen molar-refractivity contribution in [3.05, 3.63) is 65.7 Å². The van der Waals surface area contributed by atoms with E-state index in [9.17, 15) is 10.4 Å². The number of nitrogens with zero attached hydrogens (tertiary/aromatic N) is 2. The third-order valence-electron chi connectivity index (χ3n) is 5.38. The predicted molar refractivity (Wildman–Crippen MR) is 125 cm³/mol. The number of phenolic OH excluding ortho intramolecular Hbond substituents is 1. The second kappa shape index (κ2) is 10.0. The zero-order valence-corrected chi connectivity index (χ0v) is 17.8. The van der Waals surface area contributed by atoms with Gasteiger partial charge in [-0.25, -0.2) is 4.98 Å². The van der Waals surface area contributed by atoms with Crippen LogP contribution >= 0.6 is 0 Å². The van der Waals surface area contributed by atoms with Gasteiger partial charge in [0, 0.05) is 19.6 Å². The Morgan fingerprint density at radius 3 is 2.69 bits per heavy atom. The Kier molecular flexibility index (Phi) is 6.73. The van der Waals surface area contributed by atoms with Gasteiger partial charge in [-0.05, 0) is 42.5 Å². The van der Waals surface area contributed by atoms with E-state index in [2.05, 4.69) is 33.8 Å². The van der Waals surface area contributed by atoms with Crippen molar-refractivity contribution in [1.82, 2.24) is 10.3 Å². The number of anilines is 2. The van der Waals surface area contributed by atoms with Crippen LogP contribution in [0.15, 0.2) is 54.6 Å². The molecule has 1 aliphatic rings. The number of nitrogens with two attached hydrogens (primary N) is 1. The van der Waals surface area contributed by atoms with Crippen LogP contribution in [0.3, 0.4) is 0 Å². The maximum Gasteiger partial charge on any atom is 0.144 e. The van der Waals surface area contributed by atoms with Crippen LogP contribution in [0.2, 0.25) is 0 Å². The van der Waals surface area contributed by atoms with Crippen molar-refractivity contribution in [2.24, 2.45) is 5.92 Å². The maximum atomic E-state index is 10.5. The van der Waals surface area contributed by atoms with Crippen molar-refractivity contribution in [3.8, 4) is 28.8 Å². The van der Waals surface area contributed by atoms with Crippen molar-refractivity contribution >= 4 is 11.5 Å². The Balaban J connectivity index is 1.49. The number of nitrogen functional groups attached to an aromatic ring is 1. The summed E-state index contributed by atoms with van der Waals surface area (Å²) in [6.07, 6.45) is 2.34. The van der Waals surface area contributed by atoms with Crippen LogP contribution in [0.5, 0.6) is 11.5 Å². The third-order valence-corrected chi connectivity index (χ3v) is 5.38. The molecule has 0 bridgehead atoms. The van der Waals surface area contributed by atoms with Gasteiger partial charge in [-0.15, -0.1) is 0 Å². The smallest absolute Gasteiger partial charge is 0.144 e. The first-order valence-corrected chi connectivity index (χ1v) is 10.8.